The second-order valence-corrected chi connectivity index (χ2v) is 3.19. The van der Waals surface area contributed by atoms with E-state index in [1.807, 2.05) is 17.7 Å². The zero-order chi connectivity index (χ0) is 11.5. The van der Waals surface area contributed by atoms with Gasteiger partial charge in [0.1, 0.15) is 5.69 Å². The first-order valence-electron chi connectivity index (χ1n) is 4.94. The van der Waals surface area contributed by atoms with Gasteiger partial charge in [-0.3, -0.25) is 0 Å². The summed E-state index contributed by atoms with van der Waals surface area (Å²) in [6.07, 6.45) is 3.61. The van der Waals surface area contributed by atoms with Gasteiger partial charge >= 0.3 is 0 Å². The molecule has 6 heteroatoms. The van der Waals surface area contributed by atoms with Crippen LogP contribution < -0.4 is 10.5 Å². The van der Waals surface area contributed by atoms with Crippen molar-refractivity contribution in [3.05, 3.63) is 18.5 Å². The first-order chi connectivity index (χ1) is 7.74. The second kappa shape index (κ2) is 4.18. The van der Waals surface area contributed by atoms with Crippen LogP contribution in [0.25, 0.3) is 11.5 Å². The zero-order valence-corrected chi connectivity index (χ0v) is 9.21. The minimum absolute atomic E-state index is 0.181. The van der Waals surface area contributed by atoms with Crippen molar-refractivity contribution < 1.29 is 4.74 Å². The van der Waals surface area contributed by atoms with E-state index in [1.165, 1.54) is 7.11 Å². The number of ether oxygens (including phenoxy) is 1. The Labute approximate surface area is 93.1 Å². The molecule has 0 saturated carbocycles. The van der Waals surface area contributed by atoms with E-state index >= 15 is 0 Å². The highest BCUT2D eigenvalue weighted by atomic mass is 16.5. The molecule has 6 nitrogen and oxygen atoms in total. The van der Waals surface area contributed by atoms with Gasteiger partial charge in [0.25, 0.3) is 0 Å². The molecule has 2 aromatic heterocycles. The van der Waals surface area contributed by atoms with Crippen LogP contribution >= 0.6 is 0 Å². The van der Waals surface area contributed by atoms with Gasteiger partial charge in [-0.25, -0.2) is 9.97 Å². The molecule has 2 aromatic rings. The lowest BCUT2D eigenvalue weighted by Gasteiger charge is -2.06. The number of aryl methyl sites for hydroxylation is 1. The van der Waals surface area contributed by atoms with Crippen molar-refractivity contribution in [2.45, 2.75) is 13.5 Å². The monoisotopic (exact) mass is 219 g/mol. The first kappa shape index (κ1) is 10.4. The van der Waals surface area contributed by atoms with Gasteiger partial charge in [-0.2, -0.15) is 4.98 Å². The number of nitrogens with two attached hydrogens (primary N) is 1. The molecule has 0 radical (unpaired) electrons. The van der Waals surface area contributed by atoms with Crippen LogP contribution in [-0.2, 0) is 6.54 Å². The summed E-state index contributed by atoms with van der Waals surface area (Å²) in [6, 6.07) is 1.71. The fraction of sp³-hybridized carbons (Fsp3) is 0.300. The highest BCUT2D eigenvalue weighted by Gasteiger charge is 2.09. The number of hydrogen-bond donors (Lipinski definition) is 1. The summed E-state index contributed by atoms with van der Waals surface area (Å²) in [7, 11) is 1.54. The van der Waals surface area contributed by atoms with Crippen molar-refractivity contribution in [3.63, 3.8) is 0 Å². The lowest BCUT2D eigenvalue weighted by molar-refractivity contribution is 0.398. The third-order valence-corrected chi connectivity index (χ3v) is 2.21. The number of anilines is 1. The molecule has 0 atom stereocenters. The summed E-state index contributed by atoms with van der Waals surface area (Å²) in [5.41, 5.74) is 6.26. The Hall–Kier alpha value is -2.11. The molecule has 0 saturated heterocycles. The van der Waals surface area contributed by atoms with Gasteiger partial charge < -0.3 is 15.0 Å². The lowest BCUT2D eigenvalue weighted by atomic mass is 10.3. The van der Waals surface area contributed by atoms with Gasteiger partial charge in [-0.1, -0.05) is 0 Å². The minimum Gasteiger partial charge on any atom is -0.481 e. The van der Waals surface area contributed by atoms with Crippen LogP contribution in [0, 0.1) is 0 Å². The number of hydrogen-bond acceptors (Lipinski definition) is 5. The van der Waals surface area contributed by atoms with Gasteiger partial charge in [-0.15, -0.1) is 0 Å². The van der Waals surface area contributed by atoms with E-state index in [4.69, 9.17) is 10.5 Å². The van der Waals surface area contributed by atoms with Crippen LogP contribution in [-0.4, -0.2) is 26.6 Å². The van der Waals surface area contributed by atoms with Crippen LogP contribution in [0.1, 0.15) is 6.92 Å². The van der Waals surface area contributed by atoms with Crippen molar-refractivity contribution >= 4 is 5.95 Å². The van der Waals surface area contributed by atoms with E-state index in [-0.39, 0.29) is 5.95 Å². The number of aromatic nitrogens is 4. The van der Waals surface area contributed by atoms with Crippen LogP contribution in [0.4, 0.5) is 5.95 Å². The zero-order valence-electron chi connectivity index (χ0n) is 9.21. The van der Waals surface area contributed by atoms with E-state index in [1.54, 1.807) is 12.3 Å². The fourth-order valence-electron chi connectivity index (χ4n) is 1.46. The summed E-state index contributed by atoms with van der Waals surface area (Å²) < 4.78 is 7.01. The predicted molar refractivity (Wildman–Crippen MR) is 59.9 cm³/mol. The Morgan fingerprint density at radius 3 is 2.94 bits per heavy atom. The SMILES string of the molecule is CCn1ccnc1-c1cc(OC)nc(N)n1. The minimum atomic E-state index is 0.181. The molecule has 0 spiro atoms. The summed E-state index contributed by atoms with van der Waals surface area (Å²) in [5.74, 6) is 1.38. The van der Waals surface area contributed by atoms with Gasteiger partial charge in [-0.05, 0) is 6.92 Å². The molecule has 0 bridgehead atoms. The van der Waals surface area contributed by atoms with Crippen molar-refractivity contribution in [2.75, 3.05) is 12.8 Å². The molecule has 0 aliphatic rings. The predicted octanol–water partition coefficient (Wildman–Crippen LogP) is 0.951. The number of imidazole rings is 1. The van der Waals surface area contributed by atoms with Crippen molar-refractivity contribution in [2.24, 2.45) is 0 Å². The summed E-state index contributed by atoms with van der Waals surface area (Å²) in [4.78, 5) is 12.3. The molecular formula is C10H13N5O. The summed E-state index contributed by atoms with van der Waals surface area (Å²) in [6.45, 7) is 2.86. The highest BCUT2D eigenvalue weighted by molar-refractivity contribution is 5.53. The quantitative estimate of drug-likeness (QED) is 0.831. The molecule has 0 fully saturated rings. The standard InChI is InChI=1S/C10H13N5O/c1-3-15-5-4-12-9(15)7-6-8(16-2)14-10(11)13-7/h4-6H,3H2,1-2H3,(H2,11,13,14). The van der Waals surface area contributed by atoms with E-state index in [9.17, 15) is 0 Å². The van der Waals surface area contributed by atoms with Crippen molar-refractivity contribution in [3.8, 4) is 17.4 Å². The molecule has 0 unspecified atom stereocenters. The van der Waals surface area contributed by atoms with Gasteiger partial charge in [0.15, 0.2) is 5.82 Å². The number of nitrogens with zero attached hydrogens (tertiary/aromatic N) is 4. The number of methoxy groups -OCH3 is 1. The molecule has 2 rings (SSSR count). The van der Waals surface area contributed by atoms with Crippen molar-refractivity contribution in [1.29, 1.82) is 0 Å². The van der Waals surface area contributed by atoms with Crippen LogP contribution in [0.3, 0.4) is 0 Å². The van der Waals surface area contributed by atoms with Crippen molar-refractivity contribution in [1.82, 2.24) is 19.5 Å². The molecule has 16 heavy (non-hydrogen) atoms. The third kappa shape index (κ3) is 1.81. The molecule has 0 aromatic carbocycles. The Kier molecular flexibility index (Phi) is 2.72. The molecular weight excluding hydrogens is 206 g/mol. The van der Waals surface area contributed by atoms with Crippen LogP contribution in [0.2, 0.25) is 0 Å². The van der Waals surface area contributed by atoms with E-state index in [0.717, 1.165) is 12.4 Å². The molecule has 0 amide bonds. The molecule has 0 aliphatic carbocycles. The fourth-order valence-corrected chi connectivity index (χ4v) is 1.46. The van der Waals surface area contributed by atoms with E-state index in [0.29, 0.717) is 11.6 Å². The number of nitrogen functional groups attached to an aromatic ring is 1. The highest BCUT2D eigenvalue weighted by Crippen LogP contribution is 2.19. The lowest BCUT2D eigenvalue weighted by Crippen LogP contribution is -2.03. The van der Waals surface area contributed by atoms with Gasteiger partial charge in [0.05, 0.1) is 7.11 Å². The van der Waals surface area contributed by atoms with Gasteiger partial charge in [0, 0.05) is 25.0 Å². The Morgan fingerprint density at radius 2 is 2.25 bits per heavy atom. The van der Waals surface area contributed by atoms with E-state index < -0.39 is 0 Å². The average Bonchev–Trinajstić information content (AvgIpc) is 2.76. The van der Waals surface area contributed by atoms with Crippen LogP contribution in [0.15, 0.2) is 18.5 Å². The first-order valence-corrected chi connectivity index (χ1v) is 4.94. The van der Waals surface area contributed by atoms with E-state index in [2.05, 4.69) is 15.0 Å². The number of rotatable bonds is 3. The third-order valence-electron chi connectivity index (χ3n) is 2.21. The Morgan fingerprint density at radius 1 is 1.44 bits per heavy atom. The average molecular weight is 219 g/mol. The summed E-state index contributed by atoms with van der Waals surface area (Å²) >= 11 is 0. The summed E-state index contributed by atoms with van der Waals surface area (Å²) in [5, 5.41) is 0. The maximum absolute atomic E-state index is 5.59. The smallest absolute Gasteiger partial charge is 0.223 e. The topological polar surface area (TPSA) is 78.8 Å². The Balaban J connectivity index is 2.51. The second-order valence-electron chi connectivity index (χ2n) is 3.19. The largest absolute Gasteiger partial charge is 0.481 e. The normalized spacial score (nSPS) is 10.4. The maximum Gasteiger partial charge on any atom is 0.223 e. The molecule has 0 aliphatic heterocycles. The van der Waals surface area contributed by atoms with Gasteiger partial charge in [0.2, 0.25) is 11.8 Å². The Bertz CT molecular complexity index is 494. The molecule has 84 valence electrons. The molecule has 2 N–H and O–H groups in total. The van der Waals surface area contributed by atoms with Crippen LogP contribution in [0.5, 0.6) is 5.88 Å². The molecule has 2 heterocycles. The maximum atomic E-state index is 5.59.